The Hall–Kier alpha value is -2.60. The SMILES string of the molecule is O=C(c1ccc(Cl)cc1)N1CCC(N2CCN(Cc3ccc(F)cc3)C2=O)CC1. The van der Waals surface area contributed by atoms with Gasteiger partial charge in [0.25, 0.3) is 5.91 Å². The van der Waals surface area contributed by atoms with E-state index in [0.29, 0.717) is 43.3 Å². The zero-order valence-corrected chi connectivity index (χ0v) is 16.8. The predicted octanol–water partition coefficient (Wildman–Crippen LogP) is 4.02. The summed E-state index contributed by atoms with van der Waals surface area (Å²) in [6.45, 7) is 3.11. The van der Waals surface area contributed by atoms with Crippen LogP contribution in [0.2, 0.25) is 5.02 Å². The number of halogens is 2. The van der Waals surface area contributed by atoms with Crippen LogP contribution in [0.15, 0.2) is 48.5 Å². The van der Waals surface area contributed by atoms with E-state index in [2.05, 4.69) is 0 Å². The lowest BCUT2D eigenvalue weighted by molar-refractivity contribution is 0.0663. The Kier molecular flexibility index (Phi) is 5.72. The average molecular weight is 416 g/mol. The first-order chi connectivity index (χ1) is 14.0. The van der Waals surface area contributed by atoms with Crippen LogP contribution in [-0.4, -0.2) is 58.9 Å². The van der Waals surface area contributed by atoms with E-state index in [9.17, 15) is 14.0 Å². The van der Waals surface area contributed by atoms with Gasteiger partial charge in [-0.1, -0.05) is 23.7 Å². The molecule has 0 unspecified atom stereocenters. The van der Waals surface area contributed by atoms with E-state index in [1.165, 1.54) is 12.1 Å². The summed E-state index contributed by atoms with van der Waals surface area (Å²) in [5, 5.41) is 0.609. The van der Waals surface area contributed by atoms with E-state index < -0.39 is 0 Å². The van der Waals surface area contributed by atoms with E-state index in [1.54, 1.807) is 41.3 Å². The Labute approximate surface area is 174 Å². The predicted molar refractivity (Wildman–Crippen MR) is 109 cm³/mol. The maximum absolute atomic E-state index is 13.1. The topological polar surface area (TPSA) is 43.9 Å². The van der Waals surface area contributed by atoms with Crippen molar-refractivity contribution in [3.05, 3.63) is 70.5 Å². The standard InChI is InChI=1S/C22H23ClFN3O2/c23-18-5-3-17(4-6-18)21(28)25-11-9-20(10-12-25)27-14-13-26(22(27)29)15-16-1-7-19(24)8-2-16/h1-8,20H,9-15H2. The molecule has 5 nitrogen and oxygen atoms in total. The zero-order valence-electron chi connectivity index (χ0n) is 16.1. The fourth-order valence-corrected chi connectivity index (χ4v) is 4.18. The number of urea groups is 1. The van der Waals surface area contributed by atoms with Crippen molar-refractivity contribution in [2.75, 3.05) is 26.2 Å². The first-order valence-electron chi connectivity index (χ1n) is 9.86. The highest BCUT2D eigenvalue weighted by molar-refractivity contribution is 6.30. The summed E-state index contributed by atoms with van der Waals surface area (Å²) in [6, 6.07) is 13.4. The Morgan fingerprint density at radius 1 is 0.966 bits per heavy atom. The van der Waals surface area contributed by atoms with Crippen LogP contribution in [0.1, 0.15) is 28.8 Å². The summed E-state index contributed by atoms with van der Waals surface area (Å²) in [5.41, 5.74) is 1.56. The minimum Gasteiger partial charge on any atom is -0.338 e. The second kappa shape index (κ2) is 8.41. The highest BCUT2D eigenvalue weighted by Gasteiger charge is 2.36. The Morgan fingerprint density at radius 2 is 1.62 bits per heavy atom. The molecule has 0 aromatic heterocycles. The Bertz CT molecular complexity index is 880. The lowest BCUT2D eigenvalue weighted by Crippen LogP contribution is -2.48. The summed E-state index contributed by atoms with van der Waals surface area (Å²) >= 11 is 5.89. The molecule has 2 fully saturated rings. The molecule has 29 heavy (non-hydrogen) atoms. The maximum Gasteiger partial charge on any atom is 0.320 e. The number of amides is 3. The minimum absolute atomic E-state index is 0.00537. The van der Waals surface area contributed by atoms with E-state index in [1.807, 2.05) is 9.80 Å². The molecular weight excluding hydrogens is 393 g/mol. The number of carbonyl (C=O) groups excluding carboxylic acids is 2. The van der Waals surface area contributed by atoms with E-state index in [4.69, 9.17) is 11.6 Å². The second-order valence-corrected chi connectivity index (χ2v) is 7.99. The van der Waals surface area contributed by atoms with Gasteiger partial charge in [0.15, 0.2) is 0 Å². The van der Waals surface area contributed by atoms with Crippen molar-refractivity contribution < 1.29 is 14.0 Å². The number of benzene rings is 2. The van der Waals surface area contributed by atoms with Crippen molar-refractivity contribution in [1.29, 1.82) is 0 Å². The van der Waals surface area contributed by atoms with Crippen LogP contribution in [0.5, 0.6) is 0 Å². The zero-order chi connectivity index (χ0) is 20.4. The van der Waals surface area contributed by atoms with Gasteiger partial charge >= 0.3 is 6.03 Å². The van der Waals surface area contributed by atoms with Gasteiger partial charge in [0.05, 0.1) is 0 Å². The monoisotopic (exact) mass is 415 g/mol. The van der Waals surface area contributed by atoms with Gasteiger partial charge in [-0.15, -0.1) is 0 Å². The lowest BCUT2D eigenvalue weighted by Gasteiger charge is -2.36. The normalized spacial score (nSPS) is 17.9. The molecule has 0 spiro atoms. The van der Waals surface area contributed by atoms with Crippen LogP contribution in [0.25, 0.3) is 0 Å². The molecule has 4 rings (SSSR count). The molecule has 2 saturated heterocycles. The second-order valence-electron chi connectivity index (χ2n) is 7.55. The molecule has 0 aliphatic carbocycles. The molecule has 7 heteroatoms. The summed E-state index contributed by atoms with van der Waals surface area (Å²) in [4.78, 5) is 31.1. The Balaban J connectivity index is 1.31. The van der Waals surface area contributed by atoms with E-state index >= 15 is 0 Å². The van der Waals surface area contributed by atoms with Crippen LogP contribution < -0.4 is 0 Å². The van der Waals surface area contributed by atoms with Gasteiger partial charge in [0, 0.05) is 49.4 Å². The number of likely N-dealkylation sites (tertiary alicyclic amines) is 1. The van der Waals surface area contributed by atoms with Gasteiger partial charge < -0.3 is 14.7 Å². The molecule has 0 atom stereocenters. The molecule has 3 amide bonds. The van der Waals surface area contributed by atoms with E-state index in [0.717, 1.165) is 18.4 Å². The molecule has 2 aliphatic heterocycles. The van der Waals surface area contributed by atoms with Crippen molar-refractivity contribution in [2.45, 2.75) is 25.4 Å². The van der Waals surface area contributed by atoms with Crippen molar-refractivity contribution >= 4 is 23.5 Å². The average Bonchev–Trinajstić information content (AvgIpc) is 3.10. The molecule has 152 valence electrons. The van der Waals surface area contributed by atoms with Crippen LogP contribution in [0.4, 0.5) is 9.18 Å². The van der Waals surface area contributed by atoms with Gasteiger partial charge in [-0.2, -0.15) is 0 Å². The molecule has 2 heterocycles. The highest BCUT2D eigenvalue weighted by atomic mass is 35.5. The molecular formula is C22H23ClFN3O2. The first-order valence-corrected chi connectivity index (χ1v) is 10.2. The van der Waals surface area contributed by atoms with Gasteiger partial charge in [-0.05, 0) is 54.8 Å². The number of hydrogen-bond donors (Lipinski definition) is 0. The van der Waals surface area contributed by atoms with Crippen LogP contribution in [-0.2, 0) is 6.54 Å². The van der Waals surface area contributed by atoms with Gasteiger partial charge in [0.1, 0.15) is 5.82 Å². The smallest absolute Gasteiger partial charge is 0.320 e. The molecule has 2 aliphatic rings. The van der Waals surface area contributed by atoms with Crippen LogP contribution in [0, 0.1) is 5.82 Å². The summed E-state index contributed by atoms with van der Waals surface area (Å²) in [6.07, 6.45) is 1.55. The van der Waals surface area contributed by atoms with Crippen LogP contribution >= 0.6 is 11.6 Å². The van der Waals surface area contributed by atoms with Crippen molar-refractivity contribution in [3.8, 4) is 0 Å². The quantitative estimate of drug-likeness (QED) is 0.757. The molecule has 0 N–H and O–H groups in total. The van der Waals surface area contributed by atoms with Gasteiger partial charge in [0.2, 0.25) is 0 Å². The van der Waals surface area contributed by atoms with Gasteiger partial charge in [-0.25, -0.2) is 9.18 Å². The first kappa shape index (κ1) is 19.7. The highest BCUT2D eigenvalue weighted by Crippen LogP contribution is 2.24. The fraction of sp³-hybridized carbons (Fsp3) is 0.364. The minimum atomic E-state index is -0.275. The summed E-state index contributed by atoms with van der Waals surface area (Å²) < 4.78 is 13.1. The Morgan fingerprint density at radius 3 is 2.28 bits per heavy atom. The lowest BCUT2D eigenvalue weighted by atomic mass is 10.0. The third kappa shape index (κ3) is 4.37. The van der Waals surface area contributed by atoms with Crippen molar-refractivity contribution in [2.24, 2.45) is 0 Å². The number of hydrogen-bond acceptors (Lipinski definition) is 2. The molecule has 2 aromatic rings. The van der Waals surface area contributed by atoms with Gasteiger partial charge in [-0.3, -0.25) is 4.79 Å². The van der Waals surface area contributed by atoms with Crippen molar-refractivity contribution in [1.82, 2.24) is 14.7 Å². The molecule has 0 bridgehead atoms. The number of carbonyl (C=O) groups is 2. The van der Waals surface area contributed by atoms with Crippen LogP contribution in [0.3, 0.4) is 0 Å². The summed E-state index contributed by atoms with van der Waals surface area (Å²) in [7, 11) is 0. The van der Waals surface area contributed by atoms with E-state index in [-0.39, 0.29) is 23.8 Å². The van der Waals surface area contributed by atoms with Crippen molar-refractivity contribution in [3.63, 3.8) is 0 Å². The maximum atomic E-state index is 13.1. The largest absolute Gasteiger partial charge is 0.338 e. The summed E-state index contributed by atoms with van der Waals surface area (Å²) in [5.74, 6) is -0.270. The third-order valence-corrected chi connectivity index (χ3v) is 5.95. The number of nitrogens with zero attached hydrogens (tertiary/aromatic N) is 3. The fourth-order valence-electron chi connectivity index (χ4n) is 4.05. The third-order valence-electron chi connectivity index (χ3n) is 5.70. The molecule has 0 saturated carbocycles. The number of rotatable bonds is 4. The molecule has 0 radical (unpaired) electrons. The number of piperidine rings is 1. The molecule has 2 aromatic carbocycles.